The molecule has 1 saturated heterocycles. The fourth-order valence-electron chi connectivity index (χ4n) is 3.19. The molecule has 25 heavy (non-hydrogen) atoms. The topological polar surface area (TPSA) is 93.4 Å². The third-order valence-electron chi connectivity index (χ3n) is 4.45. The standard InChI is InChI=1S/C18H23N5O2/c1-2-23-8-9-25-15(16(23)13-6-4-3-5-7-13)11-21-18(24)14-10-20-12-22-17(14)19/h3-7,10,12,15-16H,2,8-9,11H2,1H3,(H,21,24)(H2,19,20,22)/t15-,16-/m0/s1. The van der Waals surface area contributed by atoms with Gasteiger partial charge in [-0.1, -0.05) is 37.3 Å². The molecule has 1 aromatic carbocycles. The molecule has 0 spiro atoms. The SMILES string of the molecule is CCN1CCO[C@@H](CNC(=O)c2cncnc2N)[C@@H]1c1ccccc1. The monoisotopic (exact) mass is 341 g/mol. The number of rotatable bonds is 5. The minimum atomic E-state index is -0.290. The molecule has 0 aliphatic carbocycles. The molecule has 2 heterocycles. The number of morpholine rings is 1. The number of aromatic nitrogens is 2. The maximum absolute atomic E-state index is 12.4. The third-order valence-corrected chi connectivity index (χ3v) is 4.45. The van der Waals surface area contributed by atoms with Gasteiger partial charge in [0.15, 0.2) is 0 Å². The molecule has 1 aromatic heterocycles. The first-order chi connectivity index (χ1) is 12.2. The first-order valence-corrected chi connectivity index (χ1v) is 8.45. The van der Waals surface area contributed by atoms with E-state index >= 15 is 0 Å². The Bertz CT molecular complexity index is 710. The fraction of sp³-hybridized carbons (Fsp3) is 0.389. The molecule has 1 aliphatic rings. The van der Waals surface area contributed by atoms with Crippen molar-refractivity contribution in [2.75, 3.05) is 32.0 Å². The number of carbonyl (C=O) groups is 1. The minimum Gasteiger partial charge on any atom is -0.383 e. The Morgan fingerprint density at radius 2 is 2.20 bits per heavy atom. The third kappa shape index (κ3) is 3.94. The lowest BCUT2D eigenvalue weighted by Crippen LogP contribution is -2.49. The number of hydrogen-bond donors (Lipinski definition) is 2. The van der Waals surface area contributed by atoms with E-state index in [1.165, 1.54) is 18.1 Å². The number of benzene rings is 1. The van der Waals surface area contributed by atoms with E-state index in [9.17, 15) is 4.79 Å². The molecule has 3 rings (SSSR count). The largest absolute Gasteiger partial charge is 0.383 e. The van der Waals surface area contributed by atoms with Gasteiger partial charge in [0.1, 0.15) is 12.1 Å². The highest BCUT2D eigenvalue weighted by atomic mass is 16.5. The molecule has 1 amide bonds. The molecular weight excluding hydrogens is 318 g/mol. The first kappa shape index (κ1) is 17.3. The number of anilines is 1. The van der Waals surface area contributed by atoms with E-state index in [2.05, 4.69) is 39.2 Å². The highest BCUT2D eigenvalue weighted by Gasteiger charge is 2.33. The van der Waals surface area contributed by atoms with E-state index in [1.807, 2.05) is 18.2 Å². The van der Waals surface area contributed by atoms with Gasteiger partial charge in [-0.15, -0.1) is 0 Å². The van der Waals surface area contributed by atoms with Crippen molar-refractivity contribution in [3.8, 4) is 0 Å². The summed E-state index contributed by atoms with van der Waals surface area (Å²) in [5.41, 5.74) is 7.21. The van der Waals surface area contributed by atoms with Crippen LogP contribution in [0.5, 0.6) is 0 Å². The molecule has 0 unspecified atom stereocenters. The van der Waals surface area contributed by atoms with Crippen molar-refractivity contribution < 1.29 is 9.53 Å². The van der Waals surface area contributed by atoms with Gasteiger partial charge in [0, 0.05) is 19.3 Å². The van der Waals surface area contributed by atoms with Crippen molar-refractivity contribution >= 4 is 11.7 Å². The molecular formula is C18H23N5O2. The second kappa shape index (κ2) is 8.04. The molecule has 2 aromatic rings. The summed E-state index contributed by atoms with van der Waals surface area (Å²) in [5.74, 6) is -0.117. The van der Waals surface area contributed by atoms with Gasteiger partial charge < -0.3 is 15.8 Å². The predicted octanol–water partition coefficient (Wildman–Crippen LogP) is 1.25. The lowest BCUT2D eigenvalue weighted by Gasteiger charge is -2.41. The zero-order valence-corrected chi connectivity index (χ0v) is 14.3. The molecule has 0 radical (unpaired) electrons. The Labute approximate surface area is 147 Å². The van der Waals surface area contributed by atoms with Crippen LogP contribution in [0.1, 0.15) is 28.9 Å². The maximum Gasteiger partial charge on any atom is 0.256 e. The lowest BCUT2D eigenvalue weighted by atomic mass is 9.97. The summed E-state index contributed by atoms with van der Waals surface area (Å²) in [6.07, 6.45) is 2.61. The van der Waals surface area contributed by atoms with Gasteiger partial charge in [-0.25, -0.2) is 9.97 Å². The van der Waals surface area contributed by atoms with Crippen molar-refractivity contribution in [3.63, 3.8) is 0 Å². The van der Waals surface area contributed by atoms with Crippen LogP contribution in [0.2, 0.25) is 0 Å². The smallest absolute Gasteiger partial charge is 0.256 e. The Kier molecular flexibility index (Phi) is 5.57. The van der Waals surface area contributed by atoms with Crippen LogP contribution in [-0.4, -0.2) is 53.1 Å². The van der Waals surface area contributed by atoms with Crippen molar-refractivity contribution in [3.05, 3.63) is 54.0 Å². The number of nitrogens with two attached hydrogens (primary N) is 1. The van der Waals surface area contributed by atoms with Crippen molar-refractivity contribution in [2.45, 2.75) is 19.1 Å². The van der Waals surface area contributed by atoms with Crippen molar-refractivity contribution in [1.82, 2.24) is 20.2 Å². The normalized spacial score (nSPS) is 21.0. The zero-order valence-electron chi connectivity index (χ0n) is 14.3. The maximum atomic E-state index is 12.4. The second-order valence-corrected chi connectivity index (χ2v) is 5.93. The van der Waals surface area contributed by atoms with Gasteiger partial charge in [0.2, 0.25) is 0 Å². The van der Waals surface area contributed by atoms with Crippen molar-refractivity contribution in [2.24, 2.45) is 0 Å². The summed E-state index contributed by atoms with van der Waals surface area (Å²) in [7, 11) is 0. The zero-order chi connectivity index (χ0) is 17.6. The Morgan fingerprint density at radius 3 is 2.92 bits per heavy atom. The molecule has 2 atom stereocenters. The highest BCUT2D eigenvalue weighted by Crippen LogP contribution is 2.29. The predicted molar refractivity (Wildman–Crippen MR) is 94.9 cm³/mol. The molecule has 1 aliphatic heterocycles. The van der Waals surface area contributed by atoms with Crippen LogP contribution in [-0.2, 0) is 4.74 Å². The van der Waals surface area contributed by atoms with Crippen LogP contribution in [0.4, 0.5) is 5.82 Å². The Balaban J connectivity index is 1.73. The summed E-state index contributed by atoms with van der Waals surface area (Å²) in [4.78, 5) is 22.4. The van der Waals surface area contributed by atoms with Crippen molar-refractivity contribution in [1.29, 1.82) is 0 Å². The quantitative estimate of drug-likeness (QED) is 0.850. The summed E-state index contributed by atoms with van der Waals surface area (Å²) >= 11 is 0. The van der Waals surface area contributed by atoms with E-state index in [0.717, 1.165) is 13.1 Å². The average Bonchev–Trinajstić information content (AvgIpc) is 2.66. The van der Waals surface area contributed by atoms with Crippen LogP contribution >= 0.6 is 0 Å². The molecule has 7 heteroatoms. The van der Waals surface area contributed by atoms with Crippen LogP contribution in [0, 0.1) is 0 Å². The van der Waals surface area contributed by atoms with Gasteiger partial charge in [-0.3, -0.25) is 9.69 Å². The van der Waals surface area contributed by atoms with Crippen LogP contribution in [0.25, 0.3) is 0 Å². The molecule has 1 fully saturated rings. The lowest BCUT2D eigenvalue weighted by molar-refractivity contribution is -0.0685. The molecule has 0 bridgehead atoms. The highest BCUT2D eigenvalue weighted by molar-refractivity contribution is 5.97. The number of ether oxygens (including phenoxy) is 1. The van der Waals surface area contributed by atoms with E-state index in [1.54, 1.807) is 0 Å². The number of nitrogen functional groups attached to an aromatic ring is 1. The number of nitrogens with zero attached hydrogens (tertiary/aromatic N) is 3. The van der Waals surface area contributed by atoms with Gasteiger partial charge in [-0.05, 0) is 12.1 Å². The van der Waals surface area contributed by atoms with E-state index in [0.29, 0.717) is 13.2 Å². The van der Waals surface area contributed by atoms with Gasteiger partial charge in [0.25, 0.3) is 5.91 Å². The summed E-state index contributed by atoms with van der Waals surface area (Å²) < 4.78 is 5.97. The molecule has 132 valence electrons. The van der Waals surface area contributed by atoms with Crippen LogP contribution in [0.15, 0.2) is 42.9 Å². The van der Waals surface area contributed by atoms with Crippen LogP contribution in [0.3, 0.4) is 0 Å². The summed E-state index contributed by atoms with van der Waals surface area (Å²) in [5, 5.41) is 2.90. The van der Waals surface area contributed by atoms with Gasteiger partial charge in [0.05, 0.1) is 24.3 Å². The van der Waals surface area contributed by atoms with E-state index in [4.69, 9.17) is 10.5 Å². The van der Waals surface area contributed by atoms with Crippen LogP contribution < -0.4 is 11.1 Å². The Morgan fingerprint density at radius 1 is 1.40 bits per heavy atom. The van der Waals surface area contributed by atoms with Gasteiger partial charge in [-0.2, -0.15) is 0 Å². The molecule has 0 saturated carbocycles. The summed E-state index contributed by atoms with van der Waals surface area (Å²) in [6.45, 7) is 4.98. The first-order valence-electron chi connectivity index (χ1n) is 8.45. The average molecular weight is 341 g/mol. The minimum absolute atomic E-state index is 0.102. The Hall–Kier alpha value is -2.51. The van der Waals surface area contributed by atoms with Gasteiger partial charge >= 0.3 is 0 Å². The van der Waals surface area contributed by atoms with E-state index in [-0.39, 0.29) is 29.4 Å². The number of hydrogen-bond acceptors (Lipinski definition) is 6. The number of amides is 1. The molecule has 3 N–H and O–H groups in total. The van der Waals surface area contributed by atoms with E-state index < -0.39 is 0 Å². The second-order valence-electron chi connectivity index (χ2n) is 5.93. The molecule has 7 nitrogen and oxygen atoms in total. The number of nitrogens with one attached hydrogen (secondary N) is 1. The fourth-order valence-corrected chi connectivity index (χ4v) is 3.19. The number of carbonyl (C=O) groups excluding carboxylic acids is 1. The summed E-state index contributed by atoms with van der Waals surface area (Å²) in [6, 6.07) is 10.3. The number of likely N-dealkylation sites (N-methyl/N-ethyl adjacent to an activating group) is 1.